The molecule has 4 rings (SSSR count). The van der Waals surface area contributed by atoms with E-state index in [2.05, 4.69) is 26.3 Å². The van der Waals surface area contributed by atoms with Crippen molar-refractivity contribution in [2.45, 2.75) is 121 Å². The summed E-state index contributed by atoms with van der Waals surface area (Å²) >= 11 is 0. The van der Waals surface area contributed by atoms with Crippen LogP contribution in [0.15, 0.2) is 35.3 Å². The number of piperidine rings is 1. The van der Waals surface area contributed by atoms with Gasteiger partial charge < -0.3 is 42.7 Å². The van der Waals surface area contributed by atoms with Crippen molar-refractivity contribution in [3.8, 4) is 0 Å². The van der Waals surface area contributed by atoms with E-state index in [1.54, 1.807) is 4.90 Å². The molecule has 0 spiro atoms. The first kappa shape index (κ1) is 40.1. The predicted octanol–water partition coefficient (Wildman–Crippen LogP) is 0.944. The van der Waals surface area contributed by atoms with Crippen LogP contribution in [0.25, 0.3) is 0 Å². The summed E-state index contributed by atoms with van der Waals surface area (Å²) in [5, 5.41) is 20.5. The number of rotatable bonds is 17. The third-order valence-corrected chi connectivity index (χ3v) is 10.3. The zero-order chi connectivity index (χ0) is 37.8. The van der Waals surface area contributed by atoms with Gasteiger partial charge in [0, 0.05) is 25.0 Å². The fourth-order valence-corrected chi connectivity index (χ4v) is 7.63. The zero-order valence-corrected chi connectivity index (χ0v) is 30.4. The quantitative estimate of drug-likeness (QED) is 0.0687. The molecule has 1 aliphatic carbocycles. The number of guanidine groups is 1. The van der Waals surface area contributed by atoms with E-state index in [4.69, 9.17) is 11.5 Å². The van der Waals surface area contributed by atoms with Gasteiger partial charge in [-0.1, -0.05) is 63.4 Å². The topological polar surface area (TPSA) is 238 Å². The number of nitrogens with one attached hydrogen (secondary N) is 4. The SMILES string of the molecule is CC(C)CNC(=O)[C@H](CC(=O)O)NC(=O)C(CCCN=C(N)N)NC(=O)[C@@H]1C[C@H](Cc2ccccc2)[C@@H]2CC[C@H](NC(=O)C3CCCCC3)C(=O)N12. The van der Waals surface area contributed by atoms with Crippen LogP contribution in [0.2, 0.25) is 0 Å². The van der Waals surface area contributed by atoms with Gasteiger partial charge in [-0.3, -0.25) is 33.8 Å². The van der Waals surface area contributed by atoms with Crippen LogP contribution in [0.4, 0.5) is 0 Å². The summed E-state index contributed by atoms with van der Waals surface area (Å²) in [5.41, 5.74) is 12.0. The van der Waals surface area contributed by atoms with Crippen LogP contribution in [0.5, 0.6) is 0 Å². The van der Waals surface area contributed by atoms with Crippen molar-refractivity contribution >= 4 is 41.5 Å². The zero-order valence-electron chi connectivity index (χ0n) is 30.4. The molecular formula is C37H56N8O7. The highest BCUT2D eigenvalue weighted by atomic mass is 16.4. The second-order valence-electron chi connectivity index (χ2n) is 14.8. The normalized spacial score (nSPS) is 22.8. The van der Waals surface area contributed by atoms with E-state index in [0.29, 0.717) is 25.7 Å². The van der Waals surface area contributed by atoms with Crippen molar-refractivity contribution < 1.29 is 33.9 Å². The Balaban J connectivity index is 1.55. The molecule has 0 bridgehead atoms. The van der Waals surface area contributed by atoms with Crippen LogP contribution in [-0.2, 0) is 35.2 Å². The van der Waals surface area contributed by atoms with E-state index in [1.807, 2.05) is 44.2 Å². The van der Waals surface area contributed by atoms with E-state index >= 15 is 0 Å². The lowest BCUT2D eigenvalue weighted by Gasteiger charge is -2.39. The molecule has 3 aliphatic rings. The van der Waals surface area contributed by atoms with Gasteiger partial charge in [-0.05, 0) is 68.8 Å². The maximum Gasteiger partial charge on any atom is 0.305 e. The van der Waals surface area contributed by atoms with E-state index in [-0.39, 0.29) is 67.5 Å². The molecule has 0 aromatic heterocycles. The number of carboxylic acids is 1. The van der Waals surface area contributed by atoms with Crippen molar-refractivity contribution in [3.05, 3.63) is 35.9 Å². The van der Waals surface area contributed by atoms with Gasteiger partial charge in [-0.2, -0.15) is 0 Å². The Hall–Kier alpha value is -4.69. The Bertz CT molecular complexity index is 1440. The van der Waals surface area contributed by atoms with Crippen LogP contribution in [-0.4, -0.2) is 94.8 Å². The molecule has 15 nitrogen and oxygen atoms in total. The van der Waals surface area contributed by atoms with Crippen molar-refractivity contribution in [1.82, 2.24) is 26.2 Å². The molecule has 286 valence electrons. The standard InChI is InChI=1S/C37H56N8O7/c1-22(2)21-41-33(49)28(20-31(46)47)44-34(50)26(14-9-17-40-37(38)39)42-35(51)30-19-25(18-23-10-5-3-6-11-23)29-16-15-27(36(52)45(29)30)43-32(48)24-12-7-4-8-13-24/h3,5-6,10-11,22,24-30H,4,7-9,12-21H2,1-2H3,(H,41,49)(H,42,51)(H,43,48)(H,44,50)(H,46,47)(H4,38,39,40)/t25-,26?,27-,28-,29-,30-/m0/s1. The number of benzene rings is 1. The van der Waals surface area contributed by atoms with Crippen molar-refractivity contribution in [1.29, 1.82) is 0 Å². The molecule has 3 fully saturated rings. The van der Waals surface area contributed by atoms with Crippen LogP contribution in [0, 0.1) is 17.8 Å². The summed E-state index contributed by atoms with van der Waals surface area (Å²) in [7, 11) is 0. The highest BCUT2D eigenvalue weighted by Gasteiger charge is 2.51. The van der Waals surface area contributed by atoms with Crippen LogP contribution >= 0.6 is 0 Å². The minimum absolute atomic E-state index is 0.0455. The summed E-state index contributed by atoms with van der Waals surface area (Å²) in [6, 6.07) is 5.35. The molecule has 1 aromatic rings. The van der Waals surface area contributed by atoms with Gasteiger partial charge in [-0.25, -0.2) is 0 Å². The molecule has 1 aromatic carbocycles. The maximum absolute atomic E-state index is 14.2. The van der Waals surface area contributed by atoms with Crippen LogP contribution in [0.3, 0.4) is 0 Å². The summed E-state index contributed by atoms with van der Waals surface area (Å²) in [5.74, 6) is -3.89. The highest BCUT2D eigenvalue weighted by Crippen LogP contribution is 2.39. The minimum Gasteiger partial charge on any atom is -0.481 e. The molecule has 1 unspecified atom stereocenters. The number of nitrogens with zero attached hydrogens (tertiary/aromatic N) is 2. The Morgan fingerprint density at radius 2 is 1.63 bits per heavy atom. The number of aliphatic carboxylic acids is 1. The van der Waals surface area contributed by atoms with E-state index in [0.717, 1.165) is 37.7 Å². The third kappa shape index (κ3) is 11.4. The van der Waals surface area contributed by atoms with Gasteiger partial charge in [-0.15, -0.1) is 0 Å². The van der Waals surface area contributed by atoms with Gasteiger partial charge >= 0.3 is 5.97 Å². The Morgan fingerprint density at radius 3 is 2.29 bits per heavy atom. The fourth-order valence-electron chi connectivity index (χ4n) is 7.63. The number of amides is 5. The maximum atomic E-state index is 14.2. The van der Waals surface area contributed by atoms with E-state index in [1.165, 1.54) is 0 Å². The summed E-state index contributed by atoms with van der Waals surface area (Å²) in [6.07, 6.45) is 6.40. The van der Waals surface area contributed by atoms with Crippen LogP contribution in [0.1, 0.15) is 90.0 Å². The number of fused-ring (bicyclic) bond motifs is 1. The number of carboxylic acid groups (broad SMARTS) is 1. The number of carbonyl (C=O) groups is 6. The summed E-state index contributed by atoms with van der Waals surface area (Å²) in [4.78, 5) is 85.4. The Morgan fingerprint density at radius 1 is 0.923 bits per heavy atom. The monoisotopic (exact) mass is 724 g/mol. The second kappa shape index (κ2) is 19.2. The van der Waals surface area contributed by atoms with Gasteiger partial charge in [0.15, 0.2) is 5.96 Å². The smallest absolute Gasteiger partial charge is 0.305 e. The van der Waals surface area contributed by atoms with Crippen molar-refractivity contribution in [3.63, 3.8) is 0 Å². The molecule has 15 heteroatoms. The van der Waals surface area contributed by atoms with Gasteiger partial charge in [0.1, 0.15) is 24.2 Å². The average Bonchev–Trinajstić information content (AvgIpc) is 3.48. The summed E-state index contributed by atoms with van der Waals surface area (Å²) < 4.78 is 0. The number of hydrogen-bond acceptors (Lipinski definition) is 7. The van der Waals surface area contributed by atoms with Crippen molar-refractivity contribution in [2.75, 3.05) is 13.1 Å². The van der Waals surface area contributed by atoms with Gasteiger partial charge in [0.2, 0.25) is 29.5 Å². The Labute approximate surface area is 305 Å². The molecule has 9 N–H and O–H groups in total. The molecule has 6 atom stereocenters. The molecule has 0 radical (unpaired) electrons. The lowest BCUT2D eigenvalue weighted by molar-refractivity contribution is -0.147. The largest absolute Gasteiger partial charge is 0.481 e. The molecule has 5 amide bonds. The average molecular weight is 725 g/mol. The minimum atomic E-state index is -1.39. The van der Waals surface area contributed by atoms with E-state index in [9.17, 15) is 33.9 Å². The first-order chi connectivity index (χ1) is 24.8. The number of hydrogen-bond donors (Lipinski definition) is 7. The molecule has 1 saturated carbocycles. The first-order valence-corrected chi connectivity index (χ1v) is 18.7. The fraction of sp³-hybridized carbons (Fsp3) is 0.649. The molecular weight excluding hydrogens is 668 g/mol. The second-order valence-corrected chi connectivity index (χ2v) is 14.8. The molecule has 52 heavy (non-hydrogen) atoms. The lowest BCUT2D eigenvalue weighted by Crippen LogP contribution is -2.61. The molecule has 2 saturated heterocycles. The van der Waals surface area contributed by atoms with Crippen molar-refractivity contribution in [2.24, 2.45) is 34.2 Å². The number of nitrogens with two attached hydrogens (primary N) is 2. The van der Waals surface area contributed by atoms with Gasteiger partial charge in [0.05, 0.1) is 6.42 Å². The highest BCUT2D eigenvalue weighted by molar-refractivity contribution is 5.97. The lowest BCUT2D eigenvalue weighted by atomic mass is 9.86. The number of carbonyl (C=O) groups excluding carboxylic acids is 5. The van der Waals surface area contributed by atoms with Gasteiger partial charge in [0.25, 0.3) is 0 Å². The molecule has 2 heterocycles. The first-order valence-electron chi connectivity index (χ1n) is 18.7. The molecule has 2 aliphatic heterocycles. The van der Waals surface area contributed by atoms with E-state index < -0.39 is 54.3 Å². The predicted molar refractivity (Wildman–Crippen MR) is 194 cm³/mol. The van der Waals surface area contributed by atoms with Crippen LogP contribution < -0.4 is 32.7 Å². The third-order valence-electron chi connectivity index (χ3n) is 10.3. The number of aliphatic imine (C=N–C) groups is 1. The Kier molecular flexibility index (Phi) is 14.8. The summed E-state index contributed by atoms with van der Waals surface area (Å²) in [6.45, 7) is 4.20.